The molecule has 0 saturated heterocycles. The van der Waals surface area contributed by atoms with E-state index in [2.05, 4.69) is 15.2 Å². The molecule has 0 aliphatic heterocycles. The molecule has 8 heteroatoms. The van der Waals surface area contributed by atoms with E-state index < -0.39 is 10.0 Å². The van der Waals surface area contributed by atoms with Crippen molar-refractivity contribution in [1.82, 2.24) is 19.5 Å². The summed E-state index contributed by atoms with van der Waals surface area (Å²) in [6, 6.07) is 5.54. The molecule has 0 radical (unpaired) electrons. The van der Waals surface area contributed by atoms with E-state index >= 15 is 0 Å². The second-order valence-electron chi connectivity index (χ2n) is 4.63. The lowest BCUT2D eigenvalue weighted by atomic mass is 10.3. The lowest BCUT2D eigenvalue weighted by molar-refractivity contribution is 0.416. The van der Waals surface area contributed by atoms with Crippen LogP contribution >= 0.6 is 0 Å². The van der Waals surface area contributed by atoms with Crippen molar-refractivity contribution in [2.24, 2.45) is 5.73 Å². The van der Waals surface area contributed by atoms with Crippen molar-refractivity contribution in [2.45, 2.75) is 32.0 Å². The van der Waals surface area contributed by atoms with Crippen molar-refractivity contribution in [3.63, 3.8) is 0 Å². The third-order valence-corrected chi connectivity index (χ3v) is 5.07. The number of nitrogens with zero attached hydrogens (tertiary/aromatic N) is 3. The van der Waals surface area contributed by atoms with Gasteiger partial charge in [0, 0.05) is 24.3 Å². The Hall–Kier alpha value is -1.77. The molecule has 0 saturated carbocycles. The van der Waals surface area contributed by atoms with Gasteiger partial charge in [-0.3, -0.25) is 10.1 Å². The fourth-order valence-electron chi connectivity index (χ4n) is 2.03. The maximum absolute atomic E-state index is 12.7. The van der Waals surface area contributed by atoms with Crippen LogP contribution in [0.4, 0.5) is 0 Å². The smallest absolute Gasteiger partial charge is 0.260 e. The quantitative estimate of drug-likeness (QED) is 0.820. The van der Waals surface area contributed by atoms with Crippen LogP contribution in [0.3, 0.4) is 0 Å². The predicted octanol–water partition coefficient (Wildman–Crippen LogP) is 0.783. The number of pyridine rings is 1. The highest BCUT2D eigenvalue weighted by Crippen LogP contribution is 2.19. The van der Waals surface area contributed by atoms with E-state index in [-0.39, 0.29) is 18.1 Å². The standard InChI is InChI=1S/C13H19N5O2S/c1-3-18(9-12-6-4-5-10(2)16-12)21(19,20)13-11(7-14)8-15-17-13/h4-6,8H,3,7,9,14H2,1-2H3,(H,15,17). The van der Waals surface area contributed by atoms with E-state index in [0.29, 0.717) is 17.8 Å². The molecule has 2 rings (SSSR count). The van der Waals surface area contributed by atoms with Gasteiger partial charge in [-0.15, -0.1) is 0 Å². The first-order valence-electron chi connectivity index (χ1n) is 6.64. The summed E-state index contributed by atoms with van der Waals surface area (Å²) in [6.07, 6.45) is 1.44. The lowest BCUT2D eigenvalue weighted by Gasteiger charge is -2.19. The third-order valence-electron chi connectivity index (χ3n) is 3.13. The van der Waals surface area contributed by atoms with Gasteiger partial charge in [0.15, 0.2) is 5.03 Å². The molecule has 0 fully saturated rings. The van der Waals surface area contributed by atoms with Crippen molar-refractivity contribution in [3.8, 4) is 0 Å². The molecule has 21 heavy (non-hydrogen) atoms. The molecular weight excluding hydrogens is 290 g/mol. The van der Waals surface area contributed by atoms with Crippen molar-refractivity contribution >= 4 is 10.0 Å². The van der Waals surface area contributed by atoms with Crippen LogP contribution in [-0.2, 0) is 23.1 Å². The Kier molecular flexibility index (Phi) is 4.71. The predicted molar refractivity (Wildman–Crippen MR) is 78.7 cm³/mol. The van der Waals surface area contributed by atoms with Gasteiger partial charge in [-0.2, -0.15) is 9.40 Å². The zero-order valence-corrected chi connectivity index (χ0v) is 12.9. The van der Waals surface area contributed by atoms with Crippen molar-refractivity contribution in [2.75, 3.05) is 6.54 Å². The summed E-state index contributed by atoms with van der Waals surface area (Å²) in [6.45, 7) is 4.32. The zero-order valence-electron chi connectivity index (χ0n) is 12.1. The number of nitrogens with one attached hydrogen (secondary N) is 1. The zero-order chi connectivity index (χ0) is 15.5. The van der Waals surface area contributed by atoms with E-state index in [4.69, 9.17) is 5.73 Å². The van der Waals surface area contributed by atoms with Crippen LogP contribution in [0.5, 0.6) is 0 Å². The molecular formula is C13H19N5O2S. The minimum absolute atomic E-state index is 0.0551. The Labute approximate surface area is 124 Å². The van der Waals surface area contributed by atoms with E-state index in [1.54, 1.807) is 6.92 Å². The molecule has 0 aliphatic carbocycles. The number of sulfonamides is 1. The molecule has 2 heterocycles. The van der Waals surface area contributed by atoms with Gasteiger partial charge in [0.05, 0.1) is 18.4 Å². The van der Waals surface area contributed by atoms with Gasteiger partial charge in [-0.05, 0) is 19.1 Å². The SMILES string of the molecule is CCN(Cc1cccc(C)n1)S(=O)(=O)c1[nH]ncc1CN. The normalized spacial score (nSPS) is 12.0. The minimum atomic E-state index is -3.67. The van der Waals surface area contributed by atoms with Gasteiger partial charge >= 0.3 is 0 Å². The van der Waals surface area contributed by atoms with Crippen molar-refractivity contribution in [1.29, 1.82) is 0 Å². The first-order valence-corrected chi connectivity index (χ1v) is 8.08. The van der Waals surface area contributed by atoms with Crippen molar-refractivity contribution < 1.29 is 8.42 Å². The van der Waals surface area contributed by atoms with Crippen LogP contribution in [0.1, 0.15) is 23.9 Å². The molecule has 0 spiro atoms. The summed E-state index contributed by atoms with van der Waals surface area (Å²) in [5.74, 6) is 0. The molecule has 3 N–H and O–H groups in total. The highest BCUT2D eigenvalue weighted by atomic mass is 32.2. The number of rotatable bonds is 6. The van der Waals surface area contributed by atoms with Gasteiger partial charge in [0.2, 0.25) is 0 Å². The largest absolute Gasteiger partial charge is 0.326 e. The second-order valence-corrected chi connectivity index (χ2v) is 6.50. The third kappa shape index (κ3) is 3.29. The Morgan fingerprint density at radius 2 is 2.14 bits per heavy atom. The van der Waals surface area contributed by atoms with Gasteiger partial charge in [-0.25, -0.2) is 8.42 Å². The Morgan fingerprint density at radius 3 is 2.76 bits per heavy atom. The number of aromatic nitrogens is 3. The first-order chi connectivity index (χ1) is 9.98. The molecule has 0 amide bonds. The van der Waals surface area contributed by atoms with Gasteiger partial charge < -0.3 is 5.73 Å². The van der Waals surface area contributed by atoms with Gasteiger partial charge in [-0.1, -0.05) is 13.0 Å². The Balaban J connectivity index is 2.32. The molecule has 7 nitrogen and oxygen atoms in total. The van der Waals surface area contributed by atoms with Crippen LogP contribution < -0.4 is 5.73 Å². The Bertz CT molecular complexity index is 711. The Morgan fingerprint density at radius 1 is 1.38 bits per heavy atom. The number of H-pyrrole nitrogens is 1. The van der Waals surface area contributed by atoms with Crippen LogP contribution in [-0.4, -0.2) is 34.4 Å². The summed E-state index contributed by atoms with van der Waals surface area (Å²) in [5.41, 5.74) is 7.58. The molecule has 0 bridgehead atoms. The molecule has 114 valence electrons. The first kappa shape index (κ1) is 15.6. The topological polar surface area (TPSA) is 105 Å². The lowest BCUT2D eigenvalue weighted by Crippen LogP contribution is -2.32. The maximum Gasteiger partial charge on any atom is 0.260 e. The minimum Gasteiger partial charge on any atom is -0.326 e. The van der Waals surface area contributed by atoms with Crippen molar-refractivity contribution in [3.05, 3.63) is 41.3 Å². The number of aromatic amines is 1. The molecule has 0 aliphatic rings. The van der Waals surface area contributed by atoms with E-state index in [1.807, 2.05) is 25.1 Å². The monoisotopic (exact) mass is 309 g/mol. The molecule has 2 aromatic rings. The second kappa shape index (κ2) is 6.33. The van der Waals surface area contributed by atoms with Crippen LogP contribution in [0.25, 0.3) is 0 Å². The average molecular weight is 309 g/mol. The summed E-state index contributed by atoms with van der Waals surface area (Å²) in [5, 5.41) is 6.35. The fourth-order valence-corrected chi connectivity index (χ4v) is 3.57. The van der Waals surface area contributed by atoms with Crippen LogP contribution in [0.2, 0.25) is 0 Å². The summed E-state index contributed by atoms with van der Waals surface area (Å²) in [7, 11) is -3.67. The van der Waals surface area contributed by atoms with E-state index in [0.717, 1.165) is 5.69 Å². The summed E-state index contributed by atoms with van der Waals surface area (Å²) < 4.78 is 26.7. The number of hydrogen-bond acceptors (Lipinski definition) is 5. The maximum atomic E-state index is 12.7. The van der Waals surface area contributed by atoms with Gasteiger partial charge in [0.1, 0.15) is 0 Å². The summed E-state index contributed by atoms with van der Waals surface area (Å²) >= 11 is 0. The molecule has 0 aromatic carbocycles. The number of hydrogen-bond donors (Lipinski definition) is 2. The number of aryl methyl sites for hydroxylation is 1. The highest BCUT2D eigenvalue weighted by Gasteiger charge is 2.27. The van der Waals surface area contributed by atoms with E-state index in [1.165, 1.54) is 10.5 Å². The highest BCUT2D eigenvalue weighted by molar-refractivity contribution is 7.89. The molecule has 0 unspecified atom stereocenters. The average Bonchev–Trinajstić information content (AvgIpc) is 2.94. The molecule has 0 atom stereocenters. The van der Waals surface area contributed by atoms with Gasteiger partial charge in [0.25, 0.3) is 10.0 Å². The summed E-state index contributed by atoms with van der Waals surface area (Å²) in [4.78, 5) is 4.34. The van der Waals surface area contributed by atoms with Crippen LogP contribution in [0, 0.1) is 6.92 Å². The number of nitrogens with two attached hydrogens (primary N) is 1. The fraction of sp³-hybridized carbons (Fsp3) is 0.385. The van der Waals surface area contributed by atoms with E-state index in [9.17, 15) is 8.42 Å². The van der Waals surface area contributed by atoms with Crippen LogP contribution in [0.15, 0.2) is 29.4 Å². The molecule has 2 aromatic heterocycles.